The topological polar surface area (TPSA) is 145 Å². The summed E-state index contributed by atoms with van der Waals surface area (Å²) in [5.41, 5.74) is 5.16. The van der Waals surface area contributed by atoms with Crippen LogP contribution in [-0.4, -0.2) is 64.5 Å². The number of primary amides is 1. The summed E-state index contributed by atoms with van der Waals surface area (Å²) in [5, 5.41) is 12.6. The first-order valence-corrected chi connectivity index (χ1v) is 12.5. The number of benzene rings is 2. The van der Waals surface area contributed by atoms with E-state index < -0.39 is 36.2 Å². The van der Waals surface area contributed by atoms with Crippen LogP contribution in [0.4, 0.5) is 29.3 Å². The molecule has 1 aliphatic heterocycles. The lowest BCUT2D eigenvalue weighted by atomic mass is 10.1. The van der Waals surface area contributed by atoms with Gasteiger partial charge in [-0.2, -0.15) is 13.2 Å². The molecule has 41 heavy (non-hydrogen) atoms. The number of hydrogen-bond acceptors (Lipinski definition) is 8. The second kappa shape index (κ2) is 11.4. The van der Waals surface area contributed by atoms with E-state index in [1.165, 1.54) is 35.3 Å². The number of aliphatic hydroxyl groups excluding tert-OH is 1. The second-order valence-corrected chi connectivity index (χ2v) is 9.19. The molecule has 4 aromatic rings. The van der Waals surface area contributed by atoms with Crippen LogP contribution in [0, 0.1) is 0 Å². The lowest BCUT2D eigenvalue weighted by Gasteiger charge is -2.31. The lowest BCUT2D eigenvalue weighted by molar-refractivity contribution is -0.137. The minimum absolute atomic E-state index is 0.00199. The molecular formula is C27H25F3N6O5. The summed E-state index contributed by atoms with van der Waals surface area (Å²) >= 11 is 0. The van der Waals surface area contributed by atoms with Crippen molar-refractivity contribution >= 4 is 34.2 Å². The molecule has 11 nitrogen and oxygen atoms in total. The van der Waals surface area contributed by atoms with Gasteiger partial charge in [0.2, 0.25) is 11.8 Å². The van der Waals surface area contributed by atoms with E-state index in [2.05, 4.69) is 15.3 Å². The van der Waals surface area contributed by atoms with Crippen LogP contribution in [0.15, 0.2) is 61.1 Å². The number of anilines is 2. The van der Waals surface area contributed by atoms with Crippen LogP contribution in [0.2, 0.25) is 0 Å². The van der Waals surface area contributed by atoms with Gasteiger partial charge in [0.05, 0.1) is 36.6 Å². The molecule has 0 bridgehead atoms. The Labute approximate surface area is 231 Å². The maximum absolute atomic E-state index is 13.9. The average Bonchev–Trinajstić information content (AvgIpc) is 3.37. The fourth-order valence-electron chi connectivity index (χ4n) is 4.52. The molecule has 4 N–H and O–H groups in total. The number of halogens is 3. The quantitative estimate of drug-likeness (QED) is 0.305. The van der Waals surface area contributed by atoms with Crippen LogP contribution in [0.5, 0.6) is 11.6 Å². The molecule has 1 fully saturated rings. The first-order chi connectivity index (χ1) is 19.6. The highest BCUT2D eigenvalue weighted by Gasteiger charge is 2.35. The number of nitrogens with one attached hydrogen (secondary N) is 1. The molecule has 1 saturated heterocycles. The van der Waals surface area contributed by atoms with Crippen LogP contribution in [0.1, 0.15) is 17.2 Å². The molecule has 0 spiro atoms. The summed E-state index contributed by atoms with van der Waals surface area (Å²) in [5.74, 6) is -1.31. The summed E-state index contributed by atoms with van der Waals surface area (Å²) in [6.45, 7) is 0.823. The van der Waals surface area contributed by atoms with Gasteiger partial charge in [-0.3, -0.25) is 9.36 Å². The Morgan fingerprint density at radius 2 is 1.88 bits per heavy atom. The van der Waals surface area contributed by atoms with Crippen LogP contribution in [0.25, 0.3) is 10.9 Å². The monoisotopic (exact) mass is 570 g/mol. The SMILES string of the molecule is NC(=O)C(CO)c1cc(Oc2ccc3c(ccn3C(=O)Nc3ccc(N4CCOCC4)c(C(F)(F)F)c3)c2)ncn1. The molecule has 14 heteroatoms. The summed E-state index contributed by atoms with van der Waals surface area (Å²) in [6.07, 6.45) is -1.96. The molecule has 0 saturated carbocycles. The smallest absolute Gasteiger partial charge is 0.418 e. The number of ether oxygens (including phenoxy) is 2. The minimum Gasteiger partial charge on any atom is -0.439 e. The van der Waals surface area contributed by atoms with Crippen molar-refractivity contribution < 1.29 is 37.3 Å². The van der Waals surface area contributed by atoms with Gasteiger partial charge in [-0.05, 0) is 42.5 Å². The van der Waals surface area contributed by atoms with E-state index in [0.29, 0.717) is 43.0 Å². The Morgan fingerprint density at radius 3 is 2.59 bits per heavy atom. The zero-order valence-corrected chi connectivity index (χ0v) is 21.5. The van der Waals surface area contributed by atoms with Gasteiger partial charge in [0.25, 0.3) is 0 Å². The number of rotatable bonds is 7. The van der Waals surface area contributed by atoms with E-state index in [4.69, 9.17) is 15.2 Å². The van der Waals surface area contributed by atoms with Crippen molar-refractivity contribution in [3.63, 3.8) is 0 Å². The van der Waals surface area contributed by atoms with Crippen molar-refractivity contribution in [2.75, 3.05) is 43.1 Å². The average molecular weight is 571 g/mol. The number of carbonyl (C=O) groups is 2. The number of amides is 2. The van der Waals surface area contributed by atoms with Crippen molar-refractivity contribution in [2.45, 2.75) is 12.1 Å². The van der Waals surface area contributed by atoms with Gasteiger partial charge in [0.1, 0.15) is 18.0 Å². The normalized spacial score (nSPS) is 14.6. The van der Waals surface area contributed by atoms with Gasteiger partial charge < -0.3 is 30.5 Å². The van der Waals surface area contributed by atoms with Crippen molar-refractivity contribution in [3.05, 3.63) is 72.3 Å². The highest BCUT2D eigenvalue weighted by molar-refractivity contribution is 5.99. The zero-order valence-electron chi connectivity index (χ0n) is 21.5. The molecule has 5 rings (SSSR count). The van der Waals surface area contributed by atoms with Crippen molar-refractivity contribution in [1.29, 1.82) is 0 Å². The van der Waals surface area contributed by atoms with Crippen LogP contribution >= 0.6 is 0 Å². The van der Waals surface area contributed by atoms with Gasteiger partial charge in [0, 0.05) is 42.1 Å². The third-order valence-electron chi connectivity index (χ3n) is 6.55. The summed E-state index contributed by atoms with van der Waals surface area (Å²) in [6, 6.07) is 10.9. The number of hydrogen-bond donors (Lipinski definition) is 3. The lowest BCUT2D eigenvalue weighted by Crippen LogP contribution is -2.37. The third-order valence-corrected chi connectivity index (χ3v) is 6.55. The Bertz CT molecular complexity index is 1590. The molecule has 2 aromatic carbocycles. The fraction of sp³-hybridized carbons (Fsp3) is 0.259. The van der Waals surface area contributed by atoms with E-state index in [1.807, 2.05) is 0 Å². The Balaban J connectivity index is 1.34. The summed E-state index contributed by atoms with van der Waals surface area (Å²) < 4.78 is 53.9. The van der Waals surface area contributed by atoms with Crippen LogP contribution < -0.4 is 20.7 Å². The predicted octanol–water partition coefficient (Wildman–Crippen LogP) is 3.72. The molecule has 1 aliphatic rings. The van der Waals surface area contributed by atoms with E-state index >= 15 is 0 Å². The number of alkyl halides is 3. The maximum Gasteiger partial charge on any atom is 0.418 e. The van der Waals surface area contributed by atoms with E-state index in [1.54, 1.807) is 29.2 Å². The Kier molecular flexibility index (Phi) is 7.77. The van der Waals surface area contributed by atoms with Gasteiger partial charge in [0.15, 0.2) is 0 Å². The summed E-state index contributed by atoms with van der Waals surface area (Å²) in [4.78, 5) is 34.1. The van der Waals surface area contributed by atoms with E-state index in [0.717, 1.165) is 6.07 Å². The number of nitrogens with two attached hydrogens (primary N) is 1. The van der Waals surface area contributed by atoms with Gasteiger partial charge >= 0.3 is 12.2 Å². The van der Waals surface area contributed by atoms with Gasteiger partial charge in [-0.15, -0.1) is 0 Å². The highest BCUT2D eigenvalue weighted by Crippen LogP contribution is 2.38. The van der Waals surface area contributed by atoms with Crippen LogP contribution in [-0.2, 0) is 15.7 Å². The molecule has 0 radical (unpaired) electrons. The molecule has 1 unspecified atom stereocenters. The number of carbonyl (C=O) groups excluding carboxylic acids is 2. The molecule has 0 aliphatic carbocycles. The second-order valence-electron chi connectivity index (χ2n) is 9.19. The van der Waals surface area contributed by atoms with Gasteiger partial charge in [-0.1, -0.05) is 0 Å². The molecule has 1 atom stereocenters. The predicted molar refractivity (Wildman–Crippen MR) is 142 cm³/mol. The van der Waals surface area contributed by atoms with Crippen molar-refractivity contribution in [2.24, 2.45) is 5.73 Å². The number of morpholine rings is 1. The van der Waals surface area contributed by atoms with Gasteiger partial charge in [-0.25, -0.2) is 14.8 Å². The zero-order chi connectivity index (χ0) is 29.1. The molecule has 2 aromatic heterocycles. The molecule has 214 valence electrons. The standard InChI is InChI=1S/C27H25F3N6O5/c28-27(29,30)20-12-17(1-3-23(20)35-7-9-40-10-8-35)34-26(39)36-6-5-16-11-18(2-4-22(16)36)41-24-13-21(32-15-33-24)19(14-37)25(31)38/h1-6,11-13,15,19,37H,7-10,14H2,(H2,31,38)(H,34,39). The highest BCUT2D eigenvalue weighted by atomic mass is 19.4. The third kappa shape index (κ3) is 6.07. The largest absolute Gasteiger partial charge is 0.439 e. The number of aliphatic hydroxyl groups is 1. The number of aromatic nitrogens is 3. The molecular weight excluding hydrogens is 545 g/mol. The van der Waals surface area contributed by atoms with Crippen molar-refractivity contribution in [1.82, 2.24) is 14.5 Å². The minimum atomic E-state index is -4.62. The Hall–Kier alpha value is -4.69. The Morgan fingerprint density at radius 1 is 1.10 bits per heavy atom. The van der Waals surface area contributed by atoms with E-state index in [-0.39, 0.29) is 22.9 Å². The van der Waals surface area contributed by atoms with Crippen LogP contribution in [0.3, 0.4) is 0 Å². The van der Waals surface area contributed by atoms with Crippen molar-refractivity contribution in [3.8, 4) is 11.6 Å². The number of fused-ring (bicyclic) bond motifs is 1. The first-order valence-electron chi connectivity index (χ1n) is 12.5. The first kappa shape index (κ1) is 27.9. The molecule has 3 heterocycles. The van der Waals surface area contributed by atoms with E-state index in [9.17, 15) is 27.9 Å². The number of nitrogens with zero attached hydrogens (tertiary/aromatic N) is 4. The molecule has 2 amide bonds. The fourth-order valence-corrected chi connectivity index (χ4v) is 4.52. The maximum atomic E-state index is 13.9. The summed E-state index contributed by atoms with van der Waals surface area (Å²) in [7, 11) is 0.